The lowest BCUT2D eigenvalue weighted by molar-refractivity contribution is -0.776. The fourth-order valence-corrected chi connectivity index (χ4v) is 4.56. The second kappa shape index (κ2) is 11.9. The standard InChI is InChI=1S/C23H30N3O10/c1-13(27)33-18-19(34-14(2)28)21(23(30)32-4)36-22(20(18)35-15(3)29)25-10-7-8-16(12-25)17-9-5-6-11-26(17)24-31/h7-8,10,12,17-22H,5-6,9,11H2,1-4H3/q+1. The quantitative estimate of drug-likeness (QED) is 0.225. The van der Waals surface area contributed by atoms with E-state index in [0.29, 0.717) is 13.0 Å². The Morgan fingerprint density at radius 2 is 1.64 bits per heavy atom. The van der Waals surface area contributed by atoms with Gasteiger partial charge in [-0.3, -0.25) is 24.1 Å². The van der Waals surface area contributed by atoms with Gasteiger partial charge in [-0.05, 0) is 25.3 Å². The Hall–Kier alpha value is -3.61. The molecule has 2 aliphatic rings. The molecule has 2 aliphatic heterocycles. The number of nitrogens with zero attached hydrogens (tertiary/aromatic N) is 3. The molecule has 0 N–H and O–H groups in total. The number of piperidine rings is 1. The van der Waals surface area contributed by atoms with Gasteiger partial charge in [0.15, 0.2) is 24.6 Å². The normalized spacial score (nSPS) is 27.9. The molecule has 0 aromatic carbocycles. The number of pyridine rings is 1. The molecule has 0 radical (unpaired) electrons. The predicted octanol–water partition coefficient (Wildman–Crippen LogP) is 1.05. The number of esters is 4. The lowest BCUT2D eigenvalue weighted by atomic mass is 9.95. The lowest BCUT2D eigenvalue weighted by Gasteiger charge is -2.41. The zero-order valence-electron chi connectivity index (χ0n) is 20.5. The highest BCUT2D eigenvalue weighted by molar-refractivity contribution is 5.77. The van der Waals surface area contributed by atoms with Gasteiger partial charge < -0.3 is 18.9 Å². The predicted molar refractivity (Wildman–Crippen MR) is 118 cm³/mol. The highest BCUT2D eigenvalue weighted by Gasteiger charge is 2.58. The summed E-state index contributed by atoms with van der Waals surface area (Å²) in [5, 5.41) is 4.60. The van der Waals surface area contributed by atoms with Crippen molar-refractivity contribution in [3.63, 3.8) is 0 Å². The fourth-order valence-electron chi connectivity index (χ4n) is 4.56. The topological polar surface area (TPSA) is 151 Å². The monoisotopic (exact) mass is 508 g/mol. The van der Waals surface area contributed by atoms with Crippen LogP contribution in [0.25, 0.3) is 0 Å². The molecule has 2 fully saturated rings. The van der Waals surface area contributed by atoms with Crippen molar-refractivity contribution in [1.29, 1.82) is 0 Å². The number of carbonyl (C=O) groups is 4. The van der Waals surface area contributed by atoms with Gasteiger partial charge >= 0.3 is 30.1 Å². The largest absolute Gasteiger partial charge is 0.467 e. The van der Waals surface area contributed by atoms with Gasteiger partial charge in [0.1, 0.15) is 0 Å². The molecule has 13 heteroatoms. The van der Waals surface area contributed by atoms with E-state index < -0.39 is 54.5 Å². The number of carbonyl (C=O) groups excluding carboxylic acids is 4. The van der Waals surface area contributed by atoms with Crippen LogP contribution in [0, 0.1) is 4.91 Å². The van der Waals surface area contributed by atoms with Crippen LogP contribution >= 0.6 is 0 Å². The van der Waals surface area contributed by atoms with Crippen molar-refractivity contribution in [2.45, 2.75) is 76.7 Å². The summed E-state index contributed by atoms with van der Waals surface area (Å²) in [6.45, 7) is 3.92. The molecule has 6 atom stereocenters. The van der Waals surface area contributed by atoms with Crippen molar-refractivity contribution in [2.75, 3.05) is 13.7 Å². The maximum atomic E-state index is 12.6. The molecule has 0 bridgehead atoms. The third-order valence-electron chi connectivity index (χ3n) is 5.96. The van der Waals surface area contributed by atoms with E-state index in [0.717, 1.165) is 46.3 Å². The van der Waals surface area contributed by atoms with E-state index in [1.807, 2.05) is 6.07 Å². The van der Waals surface area contributed by atoms with Gasteiger partial charge in [-0.25, -0.2) is 4.79 Å². The second-order valence-electron chi connectivity index (χ2n) is 8.53. The van der Waals surface area contributed by atoms with Crippen molar-refractivity contribution in [1.82, 2.24) is 5.01 Å². The average molecular weight is 509 g/mol. The number of nitroso groups, excluding NO2 is 1. The molecule has 1 aromatic rings. The van der Waals surface area contributed by atoms with Crippen LogP contribution in [0.3, 0.4) is 0 Å². The molecule has 0 spiro atoms. The summed E-state index contributed by atoms with van der Waals surface area (Å²) in [4.78, 5) is 59.9. The zero-order valence-corrected chi connectivity index (χ0v) is 20.5. The summed E-state index contributed by atoms with van der Waals surface area (Å²) < 4.78 is 28.6. The van der Waals surface area contributed by atoms with E-state index in [-0.39, 0.29) is 6.04 Å². The minimum atomic E-state index is -1.50. The van der Waals surface area contributed by atoms with Gasteiger partial charge in [-0.15, -0.1) is 4.91 Å². The summed E-state index contributed by atoms with van der Waals surface area (Å²) in [5.41, 5.74) is 0.739. The molecule has 2 saturated heterocycles. The molecule has 36 heavy (non-hydrogen) atoms. The van der Waals surface area contributed by atoms with E-state index >= 15 is 0 Å². The fraction of sp³-hybridized carbons (Fsp3) is 0.609. The van der Waals surface area contributed by atoms with E-state index in [4.69, 9.17) is 23.7 Å². The van der Waals surface area contributed by atoms with Crippen molar-refractivity contribution in [3.8, 4) is 0 Å². The molecule has 3 rings (SSSR count). The highest BCUT2D eigenvalue weighted by Crippen LogP contribution is 2.34. The minimum Gasteiger partial charge on any atom is -0.467 e. The summed E-state index contributed by atoms with van der Waals surface area (Å²) in [7, 11) is 1.13. The van der Waals surface area contributed by atoms with Crippen molar-refractivity contribution < 1.29 is 47.4 Å². The minimum absolute atomic E-state index is 0.283. The first-order valence-electron chi connectivity index (χ1n) is 11.5. The van der Waals surface area contributed by atoms with Gasteiger partial charge in [0.2, 0.25) is 12.2 Å². The van der Waals surface area contributed by atoms with Crippen molar-refractivity contribution >= 4 is 23.9 Å². The Morgan fingerprint density at radius 1 is 1.00 bits per heavy atom. The van der Waals surface area contributed by atoms with E-state index in [2.05, 4.69) is 5.29 Å². The summed E-state index contributed by atoms with van der Waals surface area (Å²) in [5.74, 6) is -3.13. The lowest BCUT2D eigenvalue weighted by Crippen LogP contribution is -2.66. The average Bonchev–Trinajstić information content (AvgIpc) is 2.84. The van der Waals surface area contributed by atoms with Crippen molar-refractivity contribution in [3.05, 3.63) is 35.0 Å². The van der Waals surface area contributed by atoms with Gasteiger partial charge in [-0.2, -0.15) is 4.57 Å². The number of ether oxygens (including phenoxy) is 5. The van der Waals surface area contributed by atoms with Gasteiger partial charge in [0, 0.05) is 38.9 Å². The molecule has 0 amide bonds. The third kappa shape index (κ3) is 6.14. The Morgan fingerprint density at radius 3 is 2.25 bits per heavy atom. The molecule has 13 nitrogen and oxygen atoms in total. The van der Waals surface area contributed by atoms with Gasteiger partial charge in [-0.1, -0.05) is 0 Å². The summed E-state index contributed by atoms with van der Waals surface area (Å²) >= 11 is 0. The maximum absolute atomic E-state index is 12.6. The van der Waals surface area contributed by atoms with Crippen molar-refractivity contribution in [2.24, 2.45) is 5.29 Å². The van der Waals surface area contributed by atoms with Crippen LogP contribution in [0.15, 0.2) is 29.8 Å². The molecular formula is C23H30N3O10+. The first kappa shape index (κ1) is 27.0. The van der Waals surface area contributed by atoms with Crippen LogP contribution in [0.1, 0.15) is 57.9 Å². The van der Waals surface area contributed by atoms with Crippen LogP contribution < -0.4 is 4.57 Å². The second-order valence-corrected chi connectivity index (χ2v) is 8.53. The first-order chi connectivity index (χ1) is 17.2. The van der Waals surface area contributed by atoms with Gasteiger partial charge in [0.05, 0.1) is 18.4 Å². The first-order valence-corrected chi connectivity index (χ1v) is 11.5. The van der Waals surface area contributed by atoms with E-state index in [9.17, 15) is 24.1 Å². The number of hydrogen-bond acceptors (Lipinski definition) is 11. The molecule has 0 saturated carbocycles. The Balaban J connectivity index is 2.08. The van der Waals surface area contributed by atoms with Crippen LogP contribution in [-0.2, 0) is 42.9 Å². The van der Waals surface area contributed by atoms with Crippen LogP contribution in [0.2, 0.25) is 0 Å². The number of hydrogen-bond donors (Lipinski definition) is 0. The van der Waals surface area contributed by atoms with Crippen LogP contribution in [0.5, 0.6) is 0 Å². The molecule has 6 unspecified atom stereocenters. The van der Waals surface area contributed by atoms with Crippen LogP contribution in [-0.4, -0.2) is 67.0 Å². The third-order valence-corrected chi connectivity index (χ3v) is 5.96. The number of aromatic nitrogens is 1. The Bertz CT molecular complexity index is 1000. The molecule has 0 aliphatic carbocycles. The molecule has 196 valence electrons. The highest BCUT2D eigenvalue weighted by atomic mass is 16.7. The SMILES string of the molecule is COC(=O)C1OC([n+]2cccc(C3CCCCN3N=O)c2)C(OC(C)=O)C(OC(C)=O)C1OC(C)=O. The molecular weight excluding hydrogens is 478 g/mol. The summed E-state index contributed by atoms with van der Waals surface area (Å²) in [6.07, 6.45) is -1.09. The van der Waals surface area contributed by atoms with Crippen LogP contribution in [0.4, 0.5) is 0 Å². The summed E-state index contributed by atoms with van der Waals surface area (Å²) in [6, 6.07) is 3.24. The molecule has 3 heterocycles. The zero-order chi connectivity index (χ0) is 26.4. The Labute approximate surface area is 207 Å². The molecule has 1 aromatic heterocycles. The van der Waals surface area contributed by atoms with E-state index in [1.165, 1.54) is 9.58 Å². The Kier molecular flexibility index (Phi) is 8.91. The number of rotatable bonds is 7. The maximum Gasteiger partial charge on any atom is 0.339 e. The number of methoxy groups -OCH3 is 1. The van der Waals surface area contributed by atoms with E-state index in [1.54, 1.807) is 18.5 Å². The smallest absolute Gasteiger partial charge is 0.339 e. The van der Waals surface area contributed by atoms with Gasteiger partial charge in [0.25, 0.3) is 0 Å².